The summed E-state index contributed by atoms with van der Waals surface area (Å²) >= 11 is 0. The minimum atomic E-state index is -0.735. The highest BCUT2D eigenvalue weighted by Crippen LogP contribution is 2.61. The molecule has 4 fully saturated rings. The molecule has 8 heteroatoms. The van der Waals surface area contributed by atoms with Gasteiger partial charge in [-0.1, -0.05) is 0 Å². The van der Waals surface area contributed by atoms with Crippen LogP contribution < -0.4 is 5.32 Å². The molecule has 1 unspecified atom stereocenters. The second-order valence-electron chi connectivity index (χ2n) is 10.9. The summed E-state index contributed by atoms with van der Waals surface area (Å²) in [6.07, 6.45) is 8.98. The van der Waals surface area contributed by atoms with E-state index in [1.165, 1.54) is 30.5 Å². The van der Waals surface area contributed by atoms with Crippen molar-refractivity contribution in [1.29, 1.82) is 0 Å². The van der Waals surface area contributed by atoms with E-state index >= 15 is 0 Å². The van der Waals surface area contributed by atoms with Crippen molar-refractivity contribution < 1.29 is 18.7 Å². The van der Waals surface area contributed by atoms with Gasteiger partial charge in [-0.3, -0.25) is 4.79 Å². The maximum Gasteiger partial charge on any atom is 0.257 e. The van der Waals surface area contributed by atoms with Gasteiger partial charge in [-0.05, 0) is 86.3 Å². The fourth-order valence-electron chi connectivity index (χ4n) is 7.51. The molecule has 2 aromatic rings. The molecule has 0 saturated heterocycles. The fraction of sp³-hybridized carbons (Fsp3) is 0.577. The van der Waals surface area contributed by atoms with E-state index in [0.29, 0.717) is 31.0 Å². The summed E-state index contributed by atoms with van der Waals surface area (Å²) < 4.78 is 27.7. The zero-order valence-electron chi connectivity index (χ0n) is 19.1. The molecule has 1 atom stereocenters. The van der Waals surface area contributed by atoms with E-state index in [-0.39, 0.29) is 17.5 Å². The number of carbonyl (C=O) groups excluding carboxylic acids is 1. The van der Waals surface area contributed by atoms with E-state index < -0.39 is 23.6 Å². The first-order valence-electron chi connectivity index (χ1n) is 12.4. The van der Waals surface area contributed by atoms with Crippen LogP contribution in [0.15, 0.2) is 24.5 Å². The molecule has 6 nitrogen and oxygen atoms in total. The molecule has 0 spiro atoms. The van der Waals surface area contributed by atoms with Crippen molar-refractivity contribution in [2.45, 2.75) is 57.6 Å². The number of nitrogens with one attached hydrogen (secondary N) is 1. The van der Waals surface area contributed by atoms with E-state index in [1.54, 1.807) is 0 Å². The molecule has 7 rings (SSSR count). The van der Waals surface area contributed by atoms with Crippen molar-refractivity contribution in [2.24, 2.45) is 23.2 Å². The first-order chi connectivity index (χ1) is 16.4. The zero-order valence-corrected chi connectivity index (χ0v) is 19.1. The van der Waals surface area contributed by atoms with E-state index in [1.807, 2.05) is 0 Å². The van der Waals surface area contributed by atoms with Crippen LogP contribution in [0.25, 0.3) is 0 Å². The molecule has 1 aliphatic heterocycles. The molecule has 2 N–H and O–H groups in total. The summed E-state index contributed by atoms with van der Waals surface area (Å²) in [6.45, 7) is 1.02. The Bertz CT molecular complexity index is 1090. The number of halogens is 2. The van der Waals surface area contributed by atoms with E-state index in [0.717, 1.165) is 60.8 Å². The molecular weight excluding hydrogens is 438 g/mol. The number of hydrogen-bond acceptors (Lipinski definition) is 5. The van der Waals surface area contributed by atoms with Crippen LogP contribution >= 0.6 is 0 Å². The average molecular weight is 469 g/mol. The third kappa shape index (κ3) is 3.76. The van der Waals surface area contributed by atoms with Crippen LogP contribution in [0.3, 0.4) is 0 Å². The molecule has 1 amide bonds. The molecule has 1 aromatic heterocycles. The lowest BCUT2D eigenvalue weighted by Gasteiger charge is -2.58. The monoisotopic (exact) mass is 468 g/mol. The Morgan fingerprint density at radius 2 is 1.85 bits per heavy atom. The maximum absolute atomic E-state index is 14.1. The maximum atomic E-state index is 14.1. The number of nitrogens with zero attached hydrogens (tertiary/aromatic N) is 3. The Labute approximate surface area is 197 Å². The van der Waals surface area contributed by atoms with Gasteiger partial charge in [0, 0.05) is 18.7 Å². The molecule has 4 aliphatic carbocycles. The normalized spacial score (nSPS) is 30.2. The summed E-state index contributed by atoms with van der Waals surface area (Å²) in [4.78, 5) is 23.1. The smallest absolute Gasteiger partial charge is 0.257 e. The van der Waals surface area contributed by atoms with Crippen molar-refractivity contribution >= 4 is 11.7 Å². The van der Waals surface area contributed by atoms with Gasteiger partial charge in [0.05, 0.1) is 23.9 Å². The van der Waals surface area contributed by atoms with Gasteiger partial charge in [0.25, 0.3) is 5.91 Å². The summed E-state index contributed by atoms with van der Waals surface area (Å²) in [6, 6.07) is 2.91. The summed E-state index contributed by atoms with van der Waals surface area (Å²) in [5.41, 5.74) is 1.38. The van der Waals surface area contributed by atoms with Crippen molar-refractivity contribution in [1.82, 2.24) is 14.9 Å². The number of fused-ring (bicyclic) bond motifs is 1. The lowest BCUT2D eigenvalue weighted by Crippen LogP contribution is -2.53. The standard InChI is InChI=1S/C26H30F2N4O2/c27-18-1-2-21(28)20(8-18)25(34)32-4-3-19-22(13-32)30-14-31-24(19)29-12-23(33)26-9-15-5-16(10-26)7-17(6-15)11-26/h1-2,8,14-17,23,33H,3-7,9-13H2,(H,29,30,31). The number of anilines is 1. The topological polar surface area (TPSA) is 78.4 Å². The molecule has 4 bridgehead atoms. The van der Waals surface area contributed by atoms with Gasteiger partial charge >= 0.3 is 0 Å². The molecule has 0 radical (unpaired) electrons. The SMILES string of the molecule is O=C(c1cc(F)ccc1F)N1CCc2c(ncnc2NCC(O)C23CC4CC(CC(C4)C2)C3)C1. The van der Waals surface area contributed by atoms with Crippen LogP contribution in [0.1, 0.15) is 60.1 Å². The molecule has 180 valence electrons. The molecular formula is C26H30F2N4O2. The van der Waals surface area contributed by atoms with Gasteiger partial charge in [0.1, 0.15) is 23.8 Å². The minimum absolute atomic E-state index is 0.0348. The van der Waals surface area contributed by atoms with Crippen LogP contribution in [-0.4, -0.2) is 45.1 Å². The number of aromatic nitrogens is 2. The Morgan fingerprint density at radius 3 is 2.56 bits per heavy atom. The molecule has 1 aromatic carbocycles. The van der Waals surface area contributed by atoms with Crippen molar-refractivity contribution in [2.75, 3.05) is 18.4 Å². The Hall–Kier alpha value is -2.61. The predicted molar refractivity (Wildman–Crippen MR) is 122 cm³/mol. The number of hydrogen-bond donors (Lipinski definition) is 2. The number of benzene rings is 1. The highest BCUT2D eigenvalue weighted by atomic mass is 19.1. The molecule has 5 aliphatic rings. The quantitative estimate of drug-likeness (QED) is 0.695. The van der Waals surface area contributed by atoms with Crippen molar-refractivity contribution in [3.05, 3.63) is 53.0 Å². The first kappa shape index (κ1) is 21.9. The largest absolute Gasteiger partial charge is 0.391 e. The van der Waals surface area contributed by atoms with Crippen LogP contribution in [0.5, 0.6) is 0 Å². The summed E-state index contributed by atoms with van der Waals surface area (Å²) in [5, 5.41) is 14.6. The molecule has 4 saturated carbocycles. The number of aliphatic hydroxyl groups excluding tert-OH is 1. The number of rotatable bonds is 5. The summed E-state index contributed by atoms with van der Waals surface area (Å²) in [7, 11) is 0. The number of aliphatic hydroxyl groups is 1. The number of amides is 1. The van der Waals surface area contributed by atoms with Gasteiger partial charge in [-0.15, -0.1) is 0 Å². The fourth-order valence-corrected chi connectivity index (χ4v) is 7.51. The second kappa shape index (κ2) is 8.26. The van der Waals surface area contributed by atoms with E-state index in [9.17, 15) is 18.7 Å². The second-order valence-corrected chi connectivity index (χ2v) is 10.9. The Kier molecular flexibility index (Phi) is 5.32. The van der Waals surface area contributed by atoms with Gasteiger partial charge < -0.3 is 15.3 Å². The third-order valence-corrected chi connectivity index (χ3v) is 8.71. The first-order valence-corrected chi connectivity index (χ1v) is 12.4. The van der Waals surface area contributed by atoms with E-state index in [4.69, 9.17) is 0 Å². The van der Waals surface area contributed by atoms with Crippen LogP contribution in [0.2, 0.25) is 0 Å². The van der Waals surface area contributed by atoms with Gasteiger partial charge in [-0.2, -0.15) is 0 Å². The lowest BCUT2D eigenvalue weighted by atomic mass is 9.48. The van der Waals surface area contributed by atoms with Gasteiger partial charge in [0.15, 0.2) is 0 Å². The van der Waals surface area contributed by atoms with Crippen LogP contribution in [0, 0.1) is 34.8 Å². The minimum Gasteiger partial charge on any atom is -0.391 e. The zero-order chi connectivity index (χ0) is 23.4. The third-order valence-electron chi connectivity index (χ3n) is 8.71. The van der Waals surface area contributed by atoms with Crippen molar-refractivity contribution in [3.8, 4) is 0 Å². The predicted octanol–water partition coefficient (Wildman–Crippen LogP) is 3.94. The van der Waals surface area contributed by atoms with E-state index in [2.05, 4.69) is 15.3 Å². The lowest BCUT2D eigenvalue weighted by molar-refractivity contribution is -0.115. The average Bonchev–Trinajstić information content (AvgIpc) is 2.82. The summed E-state index contributed by atoms with van der Waals surface area (Å²) in [5.74, 6) is 1.10. The highest BCUT2D eigenvalue weighted by molar-refractivity contribution is 5.94. The Morgan fingerprint density at radius 1 is 1.15 bits per heavy atom. The molecule has 2 heterocycles. The van der Waals surface area contributed by atoms with Crippen molar-refractivity contribution in [3.63, 3.8) is 0 Å². The van der Waals surface area contributed by atoms with Crippen LogP contribution in [-0.2, 0) is 13.0 Å². The van der Waals surface area contributed by atoms with Gasteiger partial charge in [0.2, 0.25) is 0 Å². The number of carbonyl (C=O) groups is 1. The van der Waals surface area contributed by atoms with Gasteiger partial charge in [-0.25, -0.2) is 18.7 Å². The molecule has 34 heavy (non-hydrogen) atoms. The van der Waals surface area contributed by atoms with Crippen LogP contribution in [0.4, 0.5) is 14.6 Å². The Balaban J connectivity index is 1.15. The highest BCUT2D eigenvalue weighted by Gasteiger charge is 2.53.